The van der Waals surface area contributed by atoms with E-state index in [4.69, 9.17) is 5.11 Å². The van der Waals surface area contributed by atoms with Crippen molar-refractivity contribution in [2.45, 2.75) is 24.3 Å². The van der Waals surface area contributed by atoms with Crippen molar-refractivity contribution >= 4 is 27.8 Å². The van der Waals surface area contributed by atoms with Crippen LogP contribution in [0.15, 0.2) is 4.90 Å². The molecule has 0 saturated carbocycles. The molecule has 1 atom stereocenters. The van der Waals surface area contributed by atoms with Gasteiger partial charge in [0.25, 0.3) is 0 Å². The Morgan fingerprint density at radius 3 is 2.65 bits per heavy atom. The van der Waals surface area contributed by atoms with Crippen LogP contribution in [0.5, 0.6) is 0 Å². The Morgan fingerprint density at radius 2 is 2.15 bits per heavy atom. The number of hydrogen-bond acceptors (Lipinski definition) is 6. The number of aliphatic hydroxyl groups is 1. The lowest BCUT2D eigenvalue weighted by atomic mass is 10.1. The van der Waals surface area contributed by atoms with Gasteiger partial charge in [-0.25, -0.2) is 17.9 Å². The van der Waals surface area contributed by atoms with Gasteiger partial charge in [0.2, 0.25) is 10.0 Å². The molecule has 8 nitrogen and oxygen atoms in total. The molecule has 0 fully saturated rings. The van der Waals surface area contributed by atoms with Crippen LogP contribution in [0.2, 0.25) is 0 Å². The molecule has 0 radical (unpaired) electrons. The van der Waals surface area contributed by atoms with Gasteiger partial charge in [-0.05, 0) is 20.1 Å². The second-order valence-corrected chi connectivity index (χ2v) is 7.16. The molecule has 1 aromatic rings. The summed E-state index contributed by atoms with van der Waals surface area (Å²) in [6, 6.07) is 0. The number of thioether (sulfide) groups is 1. The number of rotatable bonds is 7. The molecule has 1 unspecified atom stereocenters. The summed E-state index contributed by atoms with van der Waals surface area (Å²) in [5, 5.41) is 24.6. The predicted molar refractivity (Wildman–Crippen MR) is 74.5 cm³/mol. The third-order valence-electron chi connectivity index (χ3n) is 2.46. The SMILES string of the molecule is CSCC(C)(O)CNS(=O)(=O)c1c(C(=O)O)n[nH]c1C. The summed E-state index contributed by atoms with van der Waals surface area (Å²) in [6.45, 7) is 2.68. The predicted octanol–water partition coefficient (Wildman–Crippen LogP) is -0.191. The average Bonchev–Trinajstić information content (AvgIpc) is 2.70. The number of aromatic carboxylic acids is 1. The van der Waals surface area contributed by atoms with Crippen LogP contribution in [0.4, 0.5) is 0 Å². The van der Waals surface area contributed by atoms with E-state index in [9.17, 15) is 18.3 Å². The number of aryl methyl sites for hydroxylation is 1. The van der Waals surface area contributed by atoms with Crippen molar-refractivity contribution in [1.29, 1.82) is 0 Å². The molecule has 0 aliphatic heterocycles. The van der Waals surface area contributed by atoms with Crippen LogP contribution in [0, 0.1) is 6.92 Å². The number of aromatic nitrogens is 2. The minimum absolute atomic E-state index is 0.124. The Kier molecular flexibility index (Phi) is 5.19. The Labute approximate surface area is 121 Å². The smallest absolute Gasteiger partial charge is 0.357 e. The third-order valence-corrected chi connectivity index (χ3v) is 4.93. The fraction of sp³-hybridized carbons (Fsp3) is 0.600. The standard InChI is InChI=1S/C10H17N3O5S2/c1-6-8(7(9(14)15)13-12-6)20(17,18)11-4-10(2,16)5-19-3/h11,16H,4-5H2,1-3H3,(H,12,13)(H,14,15). The van der Waals surface area contributed by atoms with Gasteiger partial charge in [-0.3, -0.25) is 5.10 Å². The first-order valence-corrected chi connectivity index (χ1v) is 8.47. The van der Waals surface area contributed by atoms with Crippen molar-refractivity contribution in [2.24, 2.45) is 0 Å². The number of nitrogens with one attached hydrogen (secondary N) is 2. The summed E-state index contributed by atoms with van der Waals surface area (Å²) in [5.74, 6) is -1.10. The molecule has 20 heavy (non-hydrogen) atoms. The van der Waals surface area contributed by atoms with Crippen LogP contribution < -0.4 is 4.72 Å². The Morgan fingerprint density at radius 1 is 1.55 bits per heavy atom. The Bertz CT molecular complexity index is 594. The number of H-pyrrole nitrogens is 1. The lowest BCUT2D eigenvalue weighted by Gasteiger charge is -2.22. The van der Waals surface area contributed by atoms with Crippen molar-refractivity contribution in [3.63, 3.8) is 0 Å². The number of carboxylic acid groups (broad SMARTS) is 1. The summed E-state index contributed by atoms with van der Waals surface area (Å²) < 4.78 is 26.5. The fourth-order valence-electron chi connectivity index (χ4n) is 1.58. The van der Waals surface area contributed by atoms with Gasteiger partial charge in [-0.1, -0.05) is 0 Å². The third kappa shape index (κ3) is 3.95. The molecule has 114 valence electrons. The zero-order valence-corrected chi connectivity index (χ0v) is 12.9. The number of hydrogen-bond donors (Lipinski definition) is 4. The maximum absolute atomic E-state index is 12.1. The molecule has 0 amide bonds. The maximum atomic E-state index is 12.1. The molecule has 0 aliphatic carbocycles. The molecule has 0 aliphatic rings. The highest BCUT2D eigenvalue weighted by atomic mass is 32.2. The maximum Gasteiger partial charge on any atom is 0.357 e. The largest absolute Gasteiger partial charge is 0.476 e. The monoisotopic (exact) mass is 323 g/mol. The van der Waals surface area contributed by atoms with E-state index in [1.165, 1.54) is 25.6 Å². The lowest BCUT2D eigenvalue weighted by molar-refractivity contribution is 0.0686. The van der Waals surface area contributed by atoms with E-state index in [2.05, 4.69) is 14.9 Å². The van der Waals surface area contributed by atoms with Gasteiger partial charge in [0.1, 0.15) is 4.90 Å². The van der Waals surface area contributed by atoms with Crippen molar-refractivity contribution < 1.29 is 23.4 Å². The van der Waals surface area contributed by atoms with Crippen LogP contribution in [0.1, 0.15) is 23.1 Å². The Hall–Kier alpha value is -1.10. The van der Waals surface area contributed by atoms with Crippen LogP contribution >= 0.6 is 11.8 Å². The molecule has 10 heteroatoms. The Balaban J connectivity index is 3.01. The zero-order chi connectivity index (χ0) is 15.6. The lowest BCUT2D eigenvalue weighted by Crippen LogP contribution is -2.42. The number of nitrogens with zero attached hydrogens (tertiary/aromatic N) is 1. The summed E-state index contributed by atoms with van der Waals surface area (Å²) in [7, 11) is -4.07. The average molecular weight is 323 g/mol. The molecule has 4 N–H and O–H groups in total. The van der Waals surface area contributed by atoms with Crippen LogP contribution in [-0.4, -0.2) is 59.0 Å². The molecule has 1 rings (SSSR count). The van der Waals surface area contributed by atoms with Crippen molar-refractivity contribution in [3.05, 3.63) is 11.4 Å². The van der Waals surface area contributed by atoms with Gasteiger partial charge >= 0.3 is 5.97 Å². The molecule has 1 heterocycles. The highest BCUT2D eigenvalue weighted by Gasteiger charge is 2.30. The molecule has 0 saturated heterocycles. The van der Waals surface area contributed by atoms with Crippen molar-refractivity contribution in [1.82, 2.24) is 14.9 Å². The normalized spacial score (nSPS) is 15.0. The molecule has 0 bridgehead atoms. The van der Waals surface area contributed by atoms with E-state index in [1.54, 1.807) is 6.26 Å². The van der Waals surface area contributed by atoms with Crippen molar-refractivity contribution in [2.75, 3.05) is 18.6 Å². The van der Waals surface area contributed by atoms with E-state index in [-0.39, 0.29) is 12.2 Å². The first-order valence-electron chi connectivity index (χ1n) is 5.60. The molecular weight excluding hydrogens is 306 g/mol. The highest BCUT2D eigenvalue weighted by molar-refractivity contribution is 7.98. The number of carbonyl (C=O) groups is 1. The van der Waals surface area contributed by atoms with Gasteiger partial charge in [0.15, 0.2) is 5.69 Å². The van der Waals surface area contributed by atoms with Crippen LogP contribution in [-0.2, 0) is 10.0 Å². The first kappa shape index (κ1) is 17.0. The van der Waals surface area contributed by atoms with E-state index < -0.39 is 32.2 Å². The van der Waals surface area contributed by atoms with Gasteiger partial charge in [0, 0.05) is 12.3 Å². The van der Waals surface area contributed by atoms with E-state index in [0.29, 0.717) is 5.75 Å². The minimum atomic E-state index is -4.07. The van der Waals surface area contributed by atoms with Crippen LogP contribution in [0.3, 0.4) is 0 Å². The zero-order valence-electron chi connectivity index (χ0n) is 11.3. The number of aromatic amines is 1. The van der Waals surface area contributed by atoms with E-state index in [0.717, 1.165) is 0 Å². The quantitative estimate of drug-likeness (QED) is 0.546. The van der Waals surface area contributed by atoms with Gasteiger partial charge in [-0.2, -0.15) is 16.9 Å². The summed E-state index contributed by atoms with van der Waals surface area (Å²) in [4.78, 5) is 10.5. The van der Waals surface area contributed by atoms with Crippen LogP contribution in [0.25, 0.3) is 0 Å². The van der Waals surface area contributed by atoms with Gasteiger partial charge in [-0.15, -0.1) is 0 Å². The molecule has 1 aromatic heterocycles. The van der Waals surface area contributed by atoms with E-state index in [1.807, 2.05) is 0 Å². The van der Waals surface area contributed by atoms with E-state index >= 15 is 0 Å². The summed E-state index contributed by atoms with van der Waals surface area (Å²) in [6.07, 6.45) is 1.78. The van der Waals surface area contributed by atoms with Crippen molar-refractivity contribution in [3.8, 4) is 0 Å². The van der Waals surface area contributed by atoms with Gasteiger partial charge in [0.05, 0.1) is 11.3 Å². The highest BCUT2D eigenvalue weighted by Crippen LogP contribution is 2.18. The minimum Gasteiger partial charge on any atom is -0.476 e. The number of carboxylic acids is 1. The first-order chi connectivity index (χ1) is 9.10. The van der Waals surface area contributed by atoms with Gasteiger partial charge < -0.3 is 10.2 Å². The summed E-state index contributed by atoms with van der Waals surface area (Å²) >= 11 is 1.37. The second kappa shape index (κ2) is 6.12. The summed E-state index contributed by atoms with van der Waals surface area (Å²) in [5.41, 5.74) is -1.67. The topological polar surface area (TPSA) is 132 Å². The molecule has 0 spiro atoms. The molecule has 0 aromatic carbocycles. The number of sulfonamides is 1. The fourth-order valence-corrected chi connectivity index (χ4v) is 3.78. The second-order valence-electron chi connectivity index (χ2n) is 4.59. The molecular formula is C10H17N3O5S2.